The fourth-order valence-electron chi connectivity index (χ4n) is 3.93. The quantitative estimate of drug-likeness (QED) is 0.379. The SMILES string of the molecule is CCN=C(NC1C2CCOC2C1(C)C)N(C)CC(=O)NC(C)(C)C.I. The summed E-state index contributed by atoms with van der Waals surface area (Å²) in [6, 6.07) is 0.337. The first-order chi connectivity index (χ1) is 11.1. The Balaban J connectivity index is 0.00000312. The Bertz CT molecular complexity index is 502. The highest BCUT2D eigenvalue weighted by atomic mass is 127. The minimum Gasteiger partial charge on any atom is -0.377 e. The molecule has 2 fully saturated rings. The molecule has 2 N–H and O–H groups in total. The van der Waals surface area contributed by atoms with Crippen LogP contribution in [0.1, 0.15) is 48.0 Å². The van der Waals surface area contributed by atoms with Crippen molar-refractivity contribution in [2.45, 2.75) is 65.6 Å². The van der Waals surface area contributed by atoms with E-state index in [4.69, 9.17) is 4.74 Å². The fraction of sp³-hybridized carbons (Fsp3) is 0.889. The average molecular weight is 466 g/mol. The third-order valence-corrected chi connectivity index (χ3v) is 4.95. The molecule has 0 aromatic heterocycles. The van der Waals surface area contributed by atoms with Crippen LogP contribution in [0.2, 0.25) is 0 Å². The summed E-state index contributed by atoms with van der Waals surface area (Å²) >= 11 is 0. The van der Waals surface area contributed by atoms with E-state index < -0.39 is 0 Å². The third kappa shape index (κ3) is 5.21. The van der Waals surface area contributed by atoms with Crippen LogP contribution in [0.25, 0.3) is 0 Å². The van der Waals surface area contributed by atoms with E-state index in [-0.39, 0.29) is 40.8 Å². The van der Waals surface area contributed by atoms with E-state index in [0.29, 0.717) is 31.2 Å². The van der Waals surface area contributed by atoms with Gasteiger partial charge in [-0.3, -0.25) is 9.79 Å². The van der Waals surface area contributed by atoms with Crippen molar-refractivity contribution in [3.8, 4) is 0 Å². The summed E-state index contributed by atoms with van der Waals surface area (Å²) in [5.74, 6) is 1.34. The third-order valence-electron chi connectivity index (χ3n) is 4.95. The van der Waals surface area contributed by atoms with Gasteiger partial charge in [0.15, 0.2) is 5.96 Å². The molecule has 1 aliphatic carbocycles. The molecule has 1 heterocycles. The van der Waals surface area contributed by atoms with Gasteiger partial charge >= 0.3 is 0 Å². The van der Waals surface area contributed by atoms with E-state index >= 15 is 0 Å². The van der Waals surface area contributed by atoms with Crippen LogP contribution in [0, 0.1) is 11.3 Å². The first kappa shape index (κ1) is 22.5. The predicted molar refractivity (Wildman–Crippen MR) is 112 cm³/mol. The molecule has 25 heavy (non-hydrogen) atoms. The molecular formula is C18H35IN4O2. The Morgan fingerprint density at radius 1 is 1.36 bits per heavy atom. The van der Waals surface area contributed by atoms with Gasteiger partial charge in [0.1, 0.15) is 0 Å². The van der Waals surface area contributed by atoms with Gasteiger partial charge in [-0.15, -0.1) is 24.0 Å². The molecule has 1 amide bonds. The van der Waals surface area contributed by atoms with Crippen LogP contribution in [0.15, 0.2) is 4.99 Å². The van der Waals surface area contributed by atoms with Gasteiger partial charge in [0, 0.05) is 43.1 Å². The van der Waals surface area contributed by atoms with Crippen molar-refractivity contribution >= 4 is 35.8 Å². The van der Waals surface area contributed by atoms with Gasteiger partial charge in [0.25, 0.3) is 0 Å². The number of nitrogens with one attached hydrogen (secondary N) is 2. The van der Waals surface area contributed by atoms with Crippen molar-refractivity contribution in [2.75, 3.05) is 26.7 Å². The molecule has 0 spiro atoms. The molecular weight excluding hydrogens is 431 g/mol. The number of rotatable bonds is 4. The first-order valence-corrected chi connectivity index (χ1v) is 9.01. The highest BCUT2D eigenvalue weighted by Crippen LogP contribution is 2.52. The Kier molecular flexibility index (Phi) is 7.56. The predicted octanol–water partition coefficient (Wildman–Crippen LogP) is 2.23. The highest BCUT2D eigenvalue weighted by Gasteiger charge is 2.59. The zero-order valence-corrected chi connectivity index (χ0v) is 19.0. The molecule has 0 aromatic rings. The van der Waals surface area contributed by atoms with E-state index in [0.717, 1.165) is 19.0 Å². The summed E-state index contributed by atoms with van der Waals surface area (Å²) in [5, 5.41) is 6.60. The summed E-state index contributed by atoms with van der Waals surface area (Å²) in [6.45, 7) is 14.3. The lowest BCUT2D eigenvalue weighted by Crippen LogP contribution is -2.68. The van der Waals surface area contributed by atoms with Gasteiger partial charge < -0.3 is 20.3 Å². The number of guanidine groups is 1. The number of likely N-dealkylation sites (N-methyl/N-ethyl adjacent to an activating group) is 1. The van der Waals surface area contributed by atoms with Crippen LogP contribution in [-0.4, -0.2) is 61.2 Å². The van der Waals surface area contributed by atoms with Crippen molar-refractivity contribution in [3.63, 3.8) is 0 Å². The topological polar surface area (TPSA) is 66.0 Å². The number of ether oxygens (including phenoxy) is 1. The second kappa shape index (κ2) is 8.41. The number of fused-ring (bicyclic) bond motifs is 1. The van der Waals surface area contributed by atoms with Crippen LogP contribution >= 0.6 is 24.0 Å². The maximum absolute atomic E-state index is 12.2. The van der Waals surface area contributed by atoms with E-state index in [1.807, 2.05) is 39.6 Å². The van der Waals surface area contributed by atoms with Crippen molar-refractivity contribution in [3.05, 3.63) is 0 Å². The summed E-state index contributed by atoms with van der Waals surface area (Å²) in [6.07, 6.45) is 1.44. The molecule has 7 heteroatoms. The maximum atomic E-state index is 12.2. The lowest BCUT2D eigenvalue weighted by molar-refractivity contribution is -0.122. The van der Waals surface area contributed by atoms with Gasteiger partial charge in [-0.1, -0.05) is 13.8 Å². The number of hydrogen-bond donors (Lipinski definition) is 2. The number of hydrogen-bond acceptors (Lipinski definition) is 3. The monoisotopic (exact) mass is 466 g/mol. The van der Waals surface area contributed by atoms with Crippen LogP contribution < -0.4 is 10.6 Å². The van der Waals surface area contributed by atoms with Crippen molar-refractivity contribution in [1.29, 1.82) is 0 Å². The summed E-state index contributed by atoms with van der Waals surface area (Å²) in [4.78, 5) is 18.7. The molecule has 1 saturated heterocycles. The smallest absolute Gasteiger partial charge is 0.240 e. The minimum absolute atomic E-state index is 0. The summed E-state index contributed by atoms with van der Waals surface area (Å²) in [7, 11) is 1.91. The number of aliphatic imine (C=N–C) groups is 1. The molecule has 2 aliphatic rings. The largest absolute Gasteiger partial charge is 0.377 e. The molecule has 6 nitrogen and oxygen atoms in total. The summed E-state index contributed by atoms with van der Waals surface area (Å²) in [5.41, 5.74) is -0.137. The molecule has 3 unspecified atom stereocenters. The lowest BCUT2D eigenvalue weighted by Gasteiger charge is -2.55. The maximum Gasteiger partial charge on any atom is 0.240 e. The van der Waals surface area contributed by atoms with Crippen LogP contribution in [0.5, 0.6) is 0 Å². The number of carbonyl (C=O) groups excluding carboxylic acids is 1. The zero-order valence-electron chi connectivity index (χ0n) is 16.7. The standard InChI is InChI=1S/C18H34N4O2.HI/c1-8-19-16(22(7)11-13(23)21-17(2,3)4)20-14-12-9-10-24-15(12)18(14,5)6;/h12,14-15H,8-11H2,1-7H3,(H,19,20)(H,21,23);1H. The second-order valence-electron chi connectivity index (χ2n) is 8.64. The average Bonchev–Trinajstić information content (AvgIpc) is 2.87. The van der Waals surface area contributed by atoms with E-state index in [1.54, 1.807) is 0 Å². The molecule has 1 aliphatic heterocycles. The molecule has 0 radical (unpaired) electrons. The van der Waals surface area contributed by atoms with Crippen molar-refractivity contribution < 1.29 is 9.53 Å². The van der Waals surface area contributed by atoms with Crippen LogP contribution in [0.3, 0.4) is 0 Å². The minimum atomic E-state index is -0.224. The van der Waals surface area contributed by atoms with Crippen molar-refractivity contribution in [2.24, 2.45) is 16.3 Å². The van der Waals surface area contributed by atoms with Gasteiger partial charge in [-0.25, -0.2) is 0 Å². The van der Waals surface area contributed by atoms with Crippen molar-refractivity contribution in [1.82, 2.24) is 15.5 Å². The number of halogens is 1. The number of amides is 1. The number of carbonyl (C=O) groups is 1. The van der Waals surface area contributed by atoms with E-state index in [9.17, 15) is 4.79 Å². The lowest BCUT2D eigenvalue weighted by atomic mass is 9.57. The highest BCUT2D eigenvalue weighted by molar-refractivity contribution is 14.0. The van der Waals surface area contributed by atoms with Gasteiger partial charge in [0.2, 0.25) is 5.91 Å². The van der Waals surface area contributed by atoms with Gasteiger partial charge in [-0.2, -0.15) is 0 Å². The molecule has 1 saturated carbocycles. The molecule has 0 bridgehead atoms. The molecule has 146 valence electrons. The summed E-state index contributed by atoms with van der Waals surface area (Å²) < 4.78 is 5.86. The fourth-order valence-corrected chi connectivity index (χ4v) is 3.93. The molecule has 0 aromatic carbocycles. The Labute approximate surface area is 169 Å². The zero-order chi connectivity index (χ0) is 18.1. The molecule has 2 rings (SSSR count). The Morgan fingerprint density at radius 2 is 2.00 bits per heavy atom. The van der Waals surface area contributed by atoms with E-state index in [1.165, 1.54) is 0 Å². The van der Waals surface area contributed by atoms with Gasteiger partial charge in [-0.05, 0) is 34.1 Å². The second-order valence-corrected chi connectivity index (χ2v) is 8.64. The normalized spacial score (nSPS) is 27.6. The van der Waals surface area contributed by atoms with E-state index in [2.05, 4.69) is 29.5 Å². The Morgan fingerprint density at radius 3 is 2.56 bits per heavy atom. The number of nitrogens with zero attached hydrogens (tertiary/aromatic N) is 2. The first-order valence-electron chi connectivity index (χ1n) is 9.01. The molecule has 3 atom stereocenters. The Hall–Kier alpha value is -0.570. The van der Waals surface area contributed by atoms with Gasteiger partial charge in [0.05, 0.1) is 12.6 Å². The van der Waals surface area contributed by atoms with Crippen LogP contribution in [-0.2, 0) is 9.53 Å². The van der Waals surface area contributed by atoms with Crippen LogP contribution in [0.4, 0.5) is 0 Å².